The molecule has 1 aromatic heterocycles. The summed E-state index contributed by atoms with van der Waals surface area (Å²) in [4.78, 5) is 16.4. The Bertz CT molecular complexity index is 964. The molecule has 0 fully saturated rings. The third kappa shape index (κ3) is 4.47. The summed E-state index contributed by atoms with van der Waals surface area (Å²) in [7, 11) is 0. The molecule has 3 rings (SSSR count). The molecule has 0 saturated heterocycles. The lowest BCUT2D eigenvalue weighted by Crippen LogP contribution is -2.44. The Morgan fingerprint density at radius 1 is 1.18 bits per heavy atom. The van der Waals surface area contributed by atoms with Crippen LogP contribution in [0.4, 0.5) is 0 Å². The number of aliphatic hydroxyl groups is 1. The molecule has 0 aliphatic carbocycles. The fraction of sp³-hybridized carbons (Fsp3) is 0.211. The number of benzene rings is 2. The first kappa shape index (κ1) is 20.6. The molecule has 0 saturated carbocycles. The molecule has 0 aliphatic heterocycles. The second kappa shape index (κ2) is 8.49. The van der Waals surface area contributed by atoms with Crippen molar-refractivity contribution in [3.8, 4) is 0 Å². The minimum atomic E-state index is -1.68. The summed E-state index contributed by atoms with van der Waals surface area (Å²) >= 11 is 18.2. The molecule has 0 bridgehead atoms. The van der Waals surface area contributed by atoms with Crippen LogP contribution < -0.4 is 0 Å². The Labute approximate surface area is 176 Å². The smallest absolute Gasteiger partial charge is 0.338 e. The first-order valence-corrected chi connectivity index (χ1v) is 9.40. The minimum absolute atomic E-state index is 0.0383. The average molecular weight is 441 g/mol. The molecule has 0 aliphatic rings. The van der Waals surface area contributed by atoms with Gasteiger partial charge >= 0.3 is 5.97 Å². The average Bonchev–Trinajstić information content (AvgIpc) is 3.14. The second-order valence-electron chi connectivity index (χ2n) is 6.20. The SMILES string of the molecule is CC(OC(=O)c1ccc(Cl)cc1)C(O)(Cn1cncn1)c1ccc(Cl)cc1Cl. The summed E-state index contributed by atoms with van der Waals surface area (Å²) in [5.74, 6) is -0.605. The number of halogens is 3. The number of ether oxygens (including phenoxy) is 1. The van der Waals surface area contributed by atoms with Crippen molar-refractivity contribution in [3.63, 3.8) is 0 Å². The molecule has 1 N–H and O–H groups in total. The van der Waals surface area contributed by atoms with Crippen molar-refractivity contribution >= 4 is 40.8 Å². The van der Waals surface area contributed by atoms with E-state index in [9.17, 15) is 9.90 Å². The number of nitrogens with zero attached hydrogens (tertiary/aromatic N) is 3. The molecule has 2 atom stereocenters. The number of rotatable bonds is 6. The summed E-state index contributed by atoms with van der Waals surface area (Å²) in [5, 5.41) is 16.7. The monoisotopic (exact) mass is 439 g/mol. The molecule has 2 aromatic carbocycles. The van der Waals surface area contributed by atoms with Crippen molar-refractivity contribution in [2.24, 2.45) is 0 Å². The highest BCUT2D eigenvalue weighted by Crippen LogP contribution is 2.36. The van der Waals surface area contributed by atoms with E-state index >= 15 is 0 Å². The fourth-order valence-electron chi connectivity index (χ4n) is 2.75. The quantitative estimate of drug-likeness (QED) is 0.576. The predicted octanol–water partition coefficient (Wildman–Crippen LogP) is 4.37. The lowest BCUT2D eigenvalue weighted by Gasteiger charge is -2.34. The lowest BCUT2D eigenvalue weighted by molar-refractivity contribution is -0.0943. The first-order chi connectivity index (χ1) is 13.3. The molecule has 1 heterocycles. The highest BCUT2D eigenvalue weighted by molar-refractivity contribution is 6.35. The normalized spacial score (nSPS) is 14.3. The van der Waals surface area contributed by atoms with Gasteiger partial charge in [0.05, 0.1) is 12.1 Å². The van der Waals surface area contributed by atoms with Crippen LogP contribution in [-0.2, 0) is 16.9 Å². The summed E-state index contributed by atoms with van der Waals surface area (Å²) in [6, 6.07) is 11.0. The van der Waals surface area contributed by atoms with Crippen LogP contribution in [0.15, 0.2) is 55.1 Å². The number of carbonyl (C=O) groups is 1. The van der Waals surface area contributed by atoms with Crippen LogP contribution >= 0.6 is 34.8 Å². The van der Waals surface area contributed by atoms with Crippen LogP contribution in [-0.4, -0.2) is 31.9 Å². The molecule has 0 amide bonds. The largest absolute Gasteiger partial charge is 0.456 e. The van der Waals surface area contributed by atoms with Gasteiger partial charge in [-0.05, 0) is 43.3 Å². The van der Waals surface area contributed by atoms with Crippen molar-refractivity contribution in [2.75, 3.05) is 0 Å². The van der Waals surface area contributed by atoms with E-state index in [4.69, 9.17) is 39.5 Å². The van der Waals surface area contributed by atoms with Crippen molar-refractivity contribution in [1.82, 2.24) is 14.8 Å². The van der Waals surface area contributed by atoms with Gasteiger partial charge in [0.2, 0.25) is 0 Å². The van der Waals surface area contributed by atoms with Gasteiger partial charge in [0.25, 0.3) is 0 Å². The third-order valence-electron chi connectivity index (χ3n) is 4.30. The van der Waals surface area contributed by atoms with Crippen LogP contribution in [0, 0.1) is 0 Å². The zero-order valence-corrected chi connectivity index (χ0v) is 17.0. The van der Waals surface area contributed by atoms with Gasteiger partial charge in [-0.25, -0.2) is 14.5 Å². The van der Waals surface area contributed by atoms with Gasteiger partial charge < -0.3 is 9.84 Å². The Hall–Kier alpha value is -2.12. The maximum Gasteiger partial charge on any atom is 0.338 e. The molecule has 3 aromatic rings. The number of esters is 1. The molecular formula is C19H16Cl3N3O3. The van der Waals surface area contributed by atoms with E-state index in [2.05, 4.69) is 10.1 Å². The Balaban J connectivity index is 1.93. The number of hydrogen-bond donors (Lipinski definition) is 1. The maximum absolute atomic E-state index is 12.5. The second-order valence-corrected chi connectivity index (χ2v) is 7.48. The summed E-state index contributed by atoms with van der Waals surface area (Å²) in [5.41, 5.74) is -1.02. The zero-order valence-electron chi connectivity index (χ0n) is 14.7. The van der Waals surface area contributed by atoms with E-state index in [0.29, 0.717) is 21.2 Å². The number of hydrogen-bond acceptors (Lipinski definition) is 5. The van der Waals surface area contributed by atoms with Crippen molar-refractivity contribution < 1.29 is 14.6 Å². The van der Waals surface area contributed by atoms with E-state index in [-0.39, 0.29) is 11.6 Å². The summed E-state index contributed by atoms with van der Waals surface area (Å²) < 4.78 is 6.97. The fourth-order valence-corrected chi connectivity index (χ4v) is 3.44. The molecule has 2 unspecified atom stereocenters. The summed E-state index contributed by atoms with van der Waals surface area (Å²) in [6.45, 7) is 1.54. The standard InChI is InChI=1S/C19H16Cl3N3O3/c1-12(28-18(26)13-2-4-14(20)5-3-13)19(27,9-25-11-23-10-24-25)16-7-6-15(21)8-17(16)22/h2-8,10-12,27H,9H2,1H3. The zero-order chi connectivity index (χ0) is 20.3. The van der Waals surface area contributed by atoms with Crippen molar-refractivity contribution in [3.05, 3.63) is 81.3 Å². The molecule has 0 spiro atoms. The summed E-state index contributed by atoms with van der Waals surface area (Å²) in [6.07, 6.45) is 1.81. The predicted molar refractivity (Wildman–Crippen MR) is 107 cm³/mol. The first-order valence-electron chi connectivity index (χ1n) is 8.26. The lowest BCUT2D eigenvalue weighted by atomic mass is 9.88. The molecule has 146 valence electrons. The van der Waals surface area contributed by atoms with Crippen LogP contribution in [0.3, 0.4) is 0 Å². The van der Waals surface area contributed by atoms with Gasteiger partial charge in [-0.1, -0.05) is 40.9 Å². The van der Waals surface area contributed by atoms with Gasteiger partial charge in [-0.15, -0.1) is 0 Å². The molecule has 6 nitrogen and oxygen atoms in total. The Morgan fingerprint density at radius 3 is 2.46 bits per heavy atom. The van der Waals surface area contributed by atoms with Crippen LogP contribution in [0.5, 0.6) is 0 Å². The van der Waals surface area contributed by atoms with Crippen LogP contribution in [0.25, 0.3) is 0 Å². The van der Waals surface area contributed by atoms with E-state index < -0.39 is 17.7 Å². The van der Waals surface area contributed by atoms with E-state index in [0.717, 1.165) is 0 Å². The van der Waals surface area contributed by atoms with Gasteiger partial charge in [0, 0.05) is 20.6 Å². The molecular weight excluding hydrogens is 425 g/mol. The number of aromatic nitrogens is 3. The van der Waals surface area contributed by atoms with Gasteiger partial charge in [0.1, 0.15) is 24.4 Å². The Kier molecular flexibility index (Phi) is 6.25. The van der Waals surface area contributed by atoms with Crippen LogP contribution in [0.1, 0.15) is 22.8 Å². The van der Waals surface area contributed by atoms with Gasteiger partial charge in [-0.2, -0.15) is 5.10 Å². The number of carbonyl (C=O) groups excluding carboxylic acids is 1. The van der Waals surface area contributed by atoms with Crippen molar-refractivity contribution in [2.45, 2.75) is 25.2 Å². The van der Waals surface area contributed by atoms with E-state index in [1.807, 2.05) is 0 Å². The maximum atomic E-state index is 12.5. The highest BCUT2D eigenvalue weighted by atomic mass is 35.5. The molecule has 0 radical (unpaired) electrons. The van der Waals surface area contributed by atoms with Gasteiger partial charge in [0.15, 0.2) is 0 Å². The van der Waals surface area contributed by atoms with Crippen LogP contribution in [0.2, 0.25) is 15.1 Å². The Morgan fingerprint density at radius 2 is 1.86 bits per heavy atom. The topological polar surface area (TPSA) is 77.2 Å². The van der Waals surface area contributed by atoms with E-state index in [1.165, 1.54) is 23.4 Å². The molecule has 9 heteroatoms. The third-order valence-corrected chi connectivity index (χ3v) is 5.10. The minimum Gasteiger partial charge on any atom is -0.456 e. The molecule has 28 heavy (non-hydrogen) atoms. The van der Waals surface area contributed by atoms with Crippen molar-refractivity contribution in [1.29, 1.82) is 0 Å². The van der Waals surface area contributed by atoms with Gasteiger partial charge in [-0.3, -0.25) is 0 Å². The van der Waals surface area contributed by atoms with E-state index in [1.54, 1.807) is 43.3 Å². The highest BCUT2D eigenvalue weighted by Gasteiger charge is 2.41.